The molecule has 0 saturated carbocycles. The van der Waals surface area contributed by atoms with Crippen molar-refractivity contribution < 1.29 is 33.7 Å². The lowest BCUT2D eigenvalue weighted by atomic mass is 10.2. The first-order valence-corrected chi connectivity index (χ1v) is 8.31. The van der Waals surface area contributed by atoms with Gasteiger partial charge in [-0.2, -0.15) is 0 Å². The molecule has 0 rings (SSSR count). The Balaban J connectivity index is 3.78. The highest BCUT2D eigenvalue weighted by Gasteiger charge is 2.23. The van der Waals surface area contributed by atoms with Gasteiger partial charge in [0.05, 0.1) is 26.2 Å². The highest BCUT2D eigenvalue weighted by atomic mass is 16.6. The molecule has 1 atom stereocenters. The van der Waals surface area contributed by atoms with Gasteiger partial charge in [-0.25, -0.2) is 9.59 Å². The third kappa shape index (κ3) is 13.1. The Morgan fingerprint density at radius 2 is 1.68 bits per heavy atom. The van der Waals surface area contributed by atoms with Crippen LogP contribution in [0.2, 0.25) is 0 Å². The maximum absolute atomic E-state index is 11.8. The lowest BCUT2D eigenvalue weighted by molar-refractivity contribution is -0.170. The molecule has 1 unspecified atom stereocenters. The molecule has 0 aromatic carbocycles. The first-order chi connectivity index (χ1) is 11.9. The predicted molar refractivity (Wildman–Crippen MR) is 90.7 cm³/mol. The minimum atomic E-state index is -1.28. The summed E-state index contributed by atoms with van der Waals surface area (Å²) in [4.78, 5) is 35.9. The van der Waals surface area contributed by atoms with Crippen molar-refractivity contribution >= 4 is 17.9 Å². The van der Waals surface area contributed by atoms with Crippen LogP contribution in [0.1, 0.15) is 32.1 Å². The van der Waals surface area contributed by atoms with Gasteiger partial charge in [-0.15, -0.1) is 0 Å². The largest absolute Gasteiger partial charge is 0.463 e. The van der Waals surface area contributed by atoms with Crippen molar-refractivity contribution in [3.05, 3.63) is 12.7 Å². The normalized spacial score (nSPS) is 11.7. The van der Waals surface area contributed by atoms with Crippen LogP contribution >= 0.6 is 0 Å². The number of nitrogens with zero attached hydrogens (tertiary/aromatic N) is 1. The van der Waals surface area contributed by atoms with Crippen molar-refractivity contribution in [1.29, 1.82) is 0 Å². The second kappa shape index (κ2) is 14.4. The van der Waals surface area contributed by atoms with Crippen molar-refractivity contribution in [2.75, 3.05) is 40.5 Å². The molecular weight excluding hydrogens is 330 g/mol. The summed E-state index contributed by atoms with van der Waals surface area (Å²) in [6.45, 7) is 3.69. The number of ether oxygens (including phenoxy) is 3. The maximum Gasteiger partial charge on any atom is 0.349 e. The third-order valence-corrected chi connectivity index (χ3v) is 3.16. The van der Waals surface area contributed by atoms with Gasteiger partial charge in [-0.3, -0.25) is 4.79 Å². The van der Waals surface area contributed by atoms with E-state index < -0.39 is 30.6 Å². The van der Waals surface area contributed by atoms with Gasteiger partial charge in [0, 0.05) is 12.6 Å². The van der Waals surface area contributed by atoms with E-state index in [1.165, 1.54) is 0 Å². The molecule has 25 heavy (non-hydrogen) atoms. The zero-order valence-electron chi connectivity index (χ0n) is 15.1. The average molecular weight is 359 g/mol. The Bertz CT molecular complexity index is 423. The Hall–Kier alpha value is -1.93. The number of esters is 3. The minimum absolute atomic E-state index is 0.132. The van der Waals surface area contributed by atoms with Crippen LogP contribution in [0.3, 0.4) is 0 Å². The second-order valence-electron chi connectivity index (χ2n) is 5.67. The molecule has 8 heteroatoms. The fourth-order valence-electron chi connectivity index (χ4n) is 1.75. The molecular formula is C17H29NO7. The van der Waals surface area contributed by atoms with Gasteiger partial charge < -0.3 is 24.2 Å². The van der Waals surface area contributed by atoms with Gasteiger partial charge in [0.2, 0.25) is 6.10 Å². The van der Waals surface area contributed by atoms with Crippen LogP contribution in [0.25, 0.3) is 0 Å². The SMILES string of the molecule is C=CC(=O)OCCCCCCOC(=O)C(CO)OC(=O)CCN(C)C. The van der Waals surface area contributed by atoms with E-state index in [1.54, 1.807) is 0 Å². The van der Waals surface area contributed by atoms with Gasteiger partial charge in [0.15, 0.2) is 0 Å². The molecule has 144 valence electrons. The number of hydrogen-bond acceptors (Lipinski definition) is 8. The highest BCUT2D eigenvalue weighted by molar-refractivity contribution is 5.81. The molecule has 0 aliphatic heterocycles. The number of carbonyl (C=O) groups excluding carboxylic acids is 3. The molecule has 0 aliphatic carbocycles. The number of carbonyl (C=O) groups is 3. The van der Waals surface area contributed by atoms with Crippen LogP contribution in [0.15, 0.2) is 12.7 Å². The first kappa shape index (κ1) is 23.1. The number of rotatable bonds is 14. The molecule has 1 N–H and O–H groups in total. The molecule has 0 aliphatic rings. The van der Waals surface area contributed by atoms with E-state index in [9.17, 15) is 14.4 Å². The fourth-order valence-corrected chi connectivity index (χ4v) is 1.75. The summed E-state index contributed by atoms with van der Waals surface area (Å²) in [6, 6.07) is 0. The van der Waals surface area contributed by atoms with Crippen LogP contribution in [-0.4, -0.2) is 74.5 Å². The van der Waals surface area contributed by atoms with Crippen molar-refractivity contribution in [3.63, 3.8) is 0 Å². The van der Waals surface area contributed by atoms with Crippen LogP contribution < -0.4 is 0 Å². The molecule has 0 fully saturated rings. The van der Waals surface area contributed by atoms with Crippen LogP contribution in [-0.2, 0) is 28.6 Å². The lowest BCUT2D eigenvalue weighted by Crippen LogP contribution is -2.33. The summed E-state index contributed by atoms with van der Waals surface area (Å²) in [7, 11) is 3.63. The van der Waals surface area contributed by atoms with Gasteiger partial charge in [-0.1, -0.05) is 6.58 Å². The predicted octanol–water partition coefficient (Wildman–Crippen LogP) is 0.675. The zero-order chi connectivity index (χ0) is 19.1. The third-order valence-electron chi connectivity index (χ3n) is 3.16. The smallest absolute Gasteiger partial charge is 0.349 e. The van der Waals surface area contributed by atoms with Gasteiger partial charge in [-0.05, 0) is 39.8 Å². The number of unbranched alkanes of at least 4 members (excludes halogenated alkanes) is 3. The van der Waals surface area contributed by atoms with Crippen molar-refractivity contribution in [3.8, 4) is 0 Å². The van der Waals surface area contributed by atoms with E-state index in [0.29, 0.717) is 19.6 Å². The fraction of sp³-hybridized carbons (Fsp3) is 0.706. The van der Waals surface area contributed by atoms with E-state index in [4.69, 9.17) is 19.3 Å². The minimum Gasteiger partial charge on any atom is -0.463 e. The molecule has 0 aromatic rings. The van der Waals surface area contributed by atoms with E-state index in [2.05, 4.69) is 6.58 Å². The quantitative estimate of drug-likeness (QED) is 0.209. The molecule has 0 heterocycles. The van der Waals surface area contributed by atoms with E-state index in [1.807, 2.05) is 19.0 Å². The maximum atomic E-state index is 11.8. The summed E-state index contributed by atoms with van der Waals surface area (Å²) < 4.78 is 14.7. The topological polar surface area (TPSA) is 102 Å². The highest BCUT2D eigenvalue weighted by Crippen LogP contribution is 2.04. The summed E-state index contributed by atoms with van der Waals surface area (Å²) in [6.07, 6.45) is 2.94. The summed E-state index contributed by atoms with van der Waals surface area (Å²) in [5.74, 6) is -1.75. The lowest BCUT2D eigenvalue weighted by Gasteiger charge is -2.15. The van der Waals surface area contributed by atoms with Crippen molar-refractivity contribution in [1.82, 2.24) is 4.90 Å². The summed E-state index contributed by atoms with van der Waals surface area (Å²) in [5.41, 5.74) is 0. The number of hydrogen-bond donors (Lipinski definition) is 1. The Morgan fingerprint density at radius 3 is 2.20 bits per heavy atom. The summed E-state index contributed by atoms with van der Waals surface area (Å²) >= 11 is 0. The van der Waals surface area contributed by atoms with Crippen molar-refractivity contribution in [2.24, 2.45) is 0 Å². The van der Waals surface area contributed by atoms with Crippen LogP contribution in [0, 0.1) is 0 Å². The Kier molecular flexibility index (Phi) is 13.3. The van der Waals surface area contributed by atoms with Crippen LogP contribution in [0.5, 0.6) is 0 Å². The average Bonchev–Trinajstić information content (AvgIpc) is 2.59. The first-order valence-electron chi connectivity index (χ1n) is 8.31. The molecule has 0 spiro atoms. The van der Waals surface area contributed by atoms with E-state index in [-0.39, 0.29) is 13.0 Å². The van der Waals surface area contributed by atoms with Crippen LogP contribution in [0.4, 0.5) is 0 Å². The van der Waals surface area contributed by atoms with Gasteiger partial charge in [0.1, 0.15) is 0 Å². The molecule has 0 radical (unpaired) electrons. The molecule has 8 nitrogen and oxygen atoms in total. The molecule has 0 saturated heterocycles. The monoisotopic (exact) mass is 359 g/mol. The van der Waals surface area contributed by atoms with Crippen molar-refractivity contribution in [2.45, 2.75) is 38.2 Å². The van der Waals surface area contributed by atoms with Gasteiger partial charge >= 0.3 is 17.9 Å². The Labute approximate surface area is 148 Å². The summed E-state index contributed by atoms with van der Waals surface area (Å²) in [5, 5.41) is 9.15. The molecule has 0 bridgehead atoms. The molecule has 0 amide bonds. The Morgan fingerprint density at radius 1 is 1.08 bits per heavy atom. The molecule has 0 aromatic heterocycles. The standard InChI is InChI=1S/C17H29NO7/c1-4-15(20)23-11-7-5-6-8-12-24-17(22)14(13-19)25-16(21)9-10-18(2)3/h4,14,19H,1,5-13H2,2-3H3. The number of aliphatic hydroxyl groups excluding tert-OH is 1. The van der Waals surface area contributed by atoms with E-state index >= 15 is 0 Å². The second-order valence-corrected chi connectivity index (χ2v) is 5.67. The number of aliphatic hydroxyl groups is 1. The van der Waals surface area contributed by atoms with Gasteiger partial charge in [0.25, 0.3) is 0 Å². The zero-order valence-corrected chi connectivity index (χ0v) is 15.1. The van der Waals surface area contributed by atoms with E-state index in [0.717, 1.165) is 25.3 Å².